The summed E-state index contributed by atoms with van der Waals surface area (Å²) in [6, 6.07) is 11.6. The Balaban J connectivity index is 1.64. The minimum Gasteiger partial charge on any atom is -0.449 e. The van der Waals surface area contributed by atoms with E-state index in [1.807, 2.05) is 0 Å². The number of hydrogen-bond donors (Lipinski definition) is 2. The number of halogens is 1. The van der Waals surface area contributed by atoms with Crippen LogP contribution in [0.25, 0.3) is 0 Å². The van der Waals surface area contributed by atoms with Crippen LogP contribution in [-0.4, -0.2) is 31.6 Å². The highest BCUT2D eigenvalue weighted by molar-refractivity contribution is 7.92. The van der Waals surface area contributed by atoms with Crippen molar-refractivity contribution < 1.29 is 31.7 Å². The Bertz CT molecular complexity index is 1210. The molecule has 0 radical (unpaired) electrons. The summed E-state index contributed by atoms with van der Waals surface area (Å²) in [5, 5.41) is 6.04. The molecule has 0 aliphatic carbocycles. The molecule has 2 aromatic carbocycles. The summed E-state index contributed by atoms with van der Waals surface area (Å²) in [6.45, 7) is 3.05. The molecule has 0 spiro atoms. The number of para-hydroxylation sites is 1. The number of aromatic nitrogens is 1. The zero-order valence-corrected chi connectivity index (χ0v) is 17.3. The van der Waals surface area contributed by atoms with Crippen LogP contribution in [0.2, 0.25) is 0 Å². The normalized spacial score (nSPS) is 12.1. The average molecular weight is 447 g/mol. The number of ether oxygens (including phenoxy) is 1. The molecular weight excluding hydrogens is 429 g/mol. The number of carbonyl (C=O) groups is 2. The Morgan fingerprint density at radius 3 is 2.42 bits per heavy atom. The van der Waals surface area contributed by atoms with Gasteiger partial charge in [0.2, 0.25) is 5.88 Å². The summed E-state index contributed by atoms with van der Waals surface area (Å²) in [7, 11) is -4.07. The maximum absolute atomic E-state index is 13.7. The topological polar surface area (TPSA) is 128 Å². The van der Waals surface area contributed by atoms with E-state index in [-0.39, 0.29) is 22.0 Å². The van der Waals surface area contributed by atoms with Crippen molar-refractivity contribution >= 4 is 33.5 Å². The lowest BCUT2D eigenvalue weighted by Crippen LogP contribution is -2.29. The van der Waals surface area contributed by atoms with E-state index >= 15 is 0 Å². The molecule has 9 nitrogen and oxygen atoms in total. The van der Waals surface area contributed by atoms with E-state index in [2.05, 4.69) is 15.2 Å². The van der Waals surface area contributed by atoms with Crippen molar-refractivity contribution in [2.24, 2.45) is 0 Å². The molecule has 162 valence electrons. The van der Waals surface area contributed by atoms with Crippen LogP contribution in [0.1, 0.15) is 23.0 Å². The van der Waals surface area contributed by atoms with Crippen LogP contribution in [0.4, 0.5) is 16.0 Å². The monoisotopic (exact) mass is 447 g/mol. The summed E-state index contributed by atoms with van der Waals surface area (Å²) < 4.78 is 50.6. The van der Waals surface area contributed by atoms with Crippen LogP contribution in [-0.2, 0) is 19.6 Å². The molecule has 0 saturated heterocycles. The second kappa shape index (κ2) is 8.96. The lowest BCUT2D eigenvalue weighted by molar-refractivity contribution is -0.123. The van der Waals surface area contributed by atoms with Gasteiger partial charge in [0.1, 0.15) is 5.82 Å². The third kappa shape index (κ3) is 5.45. The third-order valence-electron chi connectivity index (χ3n) is 4.05. The Kier molecular flexibility index (Phi) is 6.35. The molecule has 31 heavy (non-hydrogen) atoms. The van der Waals surface area contributed by atoms with E-state index in [0.29, 0.717) is 5.69 Å². The fourth-order valence-electron chi connectivity index (χ4n) is 2.45. The summed E-state index contributed by atoms with van der Waals surface area (Å²) in [5.41, 5.74) is 0.396. The van der Waals surface area contributed by atoms with Gasteiger partial charge in [0.25, 0.3) is 15.9 Å². The summed E-state index contributed by atoms with van der Waals surface area (Å²) in [6.07, 6.45) is -1.15. The molecule has 11 heteroatoms. The minimum absolute atomic E-state index is 0.0278. The number of anilines is 2. The maximum Gasteiger partial charge on any atom is 0.338 e. The number of sulfonamides is 1. The van der Waals surface area contributed by atoms with Crippen LogP contribution in [0.5, 0.6) is 0 Å². The number of esters is 1. The number of amides is 1. The first-order chi connectivity index (χ1) is 14.7. The lowest BCUT2D eigenvalue weighted by atomic mass is 10.2. The van der Waals surface area contributed by atoms with E-state index in [1.54, 1.807) is 6.92 Å². The van der Waals surface area contributed by atoms with Crippen molar-refractivity contribution in [3.63, 3.8) is 0 Å². The van der Waals surface area contributed by atoms with Gasteiger partial charge in [-0.05, 0) is 50.2 Å². The number of benzene rings is 2. The van der Waals surface area contributed by atoms with E-state index in [1.165, 1.54) is 55.5 Å². The average Bonchev–Trinajstić information content (AvgIpc) is 3.14. The molecule has 3 rings (SSSR count). The van der Waals surface area contributed by atoms with Crippen molar-refractivity contribution in [2.45, 2.75) is 24.8 Å². The summed E-state index contributed by atoms with van der Waals surface area (Å²) >= 11 is 0. The van der Waals surface area contributed by atoms with Crippen LogP contribution < -0.4 is 10.0 Å². The highest BCUT2D eigenvalue weighted by atomic mass is 32.2. The molecule has 0 aliphatic heterocycles. The van der Waals surface area contributed by atoms with Gasteiger partial charge in [-0.3, -0.25) is 14.8 Å². The molecule has 0 bridgehead atoms. The standard InChI is InChI=1S/C20H18FN3O6S/c1-12-11-18(30-23-12)22-19(25)13(2)29-20(26)14-7-9-15(10-8-14)31(27,28)24-17-6-4-3-5-16(17)21/h3-11,13,24H,1-2H3,(H,22,25)/t13-/m1/s1. The molecule has 2 N–H and O–H groups in total. The van der Waals surface area contributed by atoms with Crippen LogP contribution in [0, 0.1) is 12.7 Å². The van der Waals surface area contributed by atoms with Gasteiger partial charge in [-0.15, -0.1) is 0 Å². The third-order valence-corrected chi connectivity index (χ3v) is 5.43. The maximum atomic E-state index is 13.7. The van der Waals surface area contributed by atoms with Crippen molar-refractivity contribution in [3.05, 3.63) is 71.7 Å². The first kappa shape index (κ1) is 22.0. The molecule has 0 fully saturated rings. The van der Waals surface area contributed by atoms with Crippen LogP contribution in [0.15, 0.2) is 64.0 Å². The summed E-state index contributed by atoms with van der Waals surface area (Å²) in [4.78, 5) is 24.2. The predicted octanol–water partition coefficient (Wildman–Crippen LogP) is 3.11. The zero-order chi connectivity index (χ0) is 22.6. The van der Waals surface area contributed by atoms with E-state index in [9.17, 15) is 22.4 Å². The SMILES string of the molecule is Cc1cc(NC(=O)[C@@H](C)OC(=O)c2ccc(S(=O)(=O)Nc3ccccc3F)cc2)on1. The molecular formula is C20H18FN3O6S. The highest BCUT2D eigenvalue weighted by Gasteiger charge is 2.21. The lowest BCUT2D eigenvalue weighted by Gasteiger charge is -2.13. The first-order valence-electron chi connectivity index (χ1n) is 8.98. The quantitative estimate of drug-likeness (QED) is 0.533. The van der Waals surface area contributed by atoms with Gasteiger partial charge in [0.15, 0.2) is 6.10 Å². The van der Waals surface area contributed by atoms with E-state index < -0.39 is 33.8 Å². The van der Waals surface area contributed by atoms with Gasteiger partial charge < -0.3 is 9.26 Å². The molecule has 0 unspecified atom stereocenters. The second-order valence-corrected chi connectivity index (χ2v) is 8.16. The number of hydrogen-bond acceptors (Lipinski definition) is 7. The number of rotatable bonds is 7. The number of nitrogens with one attached hydrogen (secondary N) is 2. The van der Waals surface area contributed by atoms with Gasteiger partial charge in [-0.25, -0.2) is 17.6 Å². The Morgan fingerprint density at radius 1 is 1.13 bits per heavy atom. The number of carbonyl (C=O) groups excluding carboxylic acids is 2. The van der Waals surface area contributed by atoms with Crippen LogP contribution >= 0.6 is 0 Å². The highest BCUT2D eigenvalue weighted by Crippen LogP contribution is 2.19. The van der Waals surface area contributed by atoms with Crippen molar-refractivity contribution in [1.82, 2.24) is 5.16 Å². The Labute approximate surface area is 177 Å². The molecule has 1 atom stereocenters. The fraction of sp³-hybridized carbons (Fsp3) is 0.150. The minimum atomic E-state index is -4.07. The van der Waals surface area contributed by atoms with Gasteiger partial charge in [0, 0.05) is 6.07 Å². The molecule has 0 aliphatic rings. The van der Waals surface area contributed by atoms with Gasteiger partial charge in [-0.2, -0.15) is 0 Å². The smallest absolute Gasteiger partial charge is 0.338 e. The molecule has 0 saturated carbocycles. The van der Waals surface area contributed by atoms with E-state index in [0.717, 1.165) is 6.07 Å². The first-order valence-corrected chi connectivity index (χ1v) is 10.5. The zero-order valence-electron chi connectivity index (χ0n) is 16.5. The predicted molar refractivity (Wildman–Crippen MR) is 108 cm³/mol. The largest absolute Gasteiger partial charge is 0.449 e. The molecule has 1 aromatic heterocycles. The Hall–Kier alpha value is -3.73. The molecule has 3 aromatic rings. The van der Waals surface area contributed by atoms with Gasteiger partial charge >= 0.3 is 5.97 Å². The van der Waals surface area contributed by atoms with Crippen molar-refractivity contribution in [2.75, 3.05) is 10.0 Å². The van der Waals surface area contributed by atoms with Crippen molar-refractivity contribution in [3.8, 4) is 0 Å². The number of aryl methyl sites for hydroxylation is 1. The van der Waals surface area contributed by atoms with Crippen molar-refractivity contribution in [1.29, 1.82) is 0 Å². The molecule has 1 amide bonds. The van der Waals surface area contributed by atoms with Crippen LogP contribution in [0.3, 0.4) is 0 Å². The number of nitrogens with zero attached hydrogens (tertiary/aromatic N) is 1. The fourth-order valence-corrected chi connectivity index (χ4v) is 3.51. The van der Waals surface area contributed by atoms with Gasteiger partial charge in [-0.1, -0.05) is 17.3 Å². The second-order valence-electron chi connectivity index (χ2n) is 6.48. The van der Waals surface area contributed by atoms with E-state index in [4.69, 9.17) is 9.26 Å². The molecule has 1 heterocycles. The van der Waals surface area contributed by atoms with Gasteiger partial charge in [0.05, 0.1) is 21.8 Å². The summed E-state index contributed by atoms with van der Waals surface area (Å²) in [5.74, 6) is -2.07. The Morgan fingerprint density at radius 2 is 1.81 bits per heavy atom.